The van der Waals surface area contributed by atoms with Crippen LogP contribution in [0.4, 0.5) is 15.8 Å². The molecule has 0 radical (unpaired) electrons. The van der Waals surface area contributed by atoms with E-state index in [2.05, 4.69) is 10.2 Å². The van der Waals surface area contributed by atoms with Crippen LogP contribution in [0.15, 0.2) is 72.8 Å². The Hall–Kier alpha value is -3.56. The first-order valence-corrected chi connectivity index (χ1v) is 12.4. The highest BCUT2D eigenvalue weighted by molar-refractivity contribution is 7.99. The van der Waals surface area contributed by atoms with Crippen LogP contribution in [0.1, 0.15) is 27.4 Å². The molecule has 3 heterocycles. The van der Waals surface area contributed by atoms with Crippen molar-refractivity contribution in [3.05, 3.63) is 105 Å². The van der Waals surface area contributed by atoms with E-state index in [4.69, 9.17) is 0 Å². The third-order valence-corrected chi connectivity index (χ3v) is 8.47. The number of Topliss-reactive ketones (excluding diaryl/α,β-unsaturated/α-hetero) is 1. The van der Waals surface area contributed by atoms with Gasteiger partial charge in [-0.1, -0.05) is 30.3 Å². The molecule has 3 aromatic carbocycles. The number of nitrogens with one attached hydrogen (secondary N) is 1. The molecule has 0 aliphatic carbocycles. The van der Waals surface area contributed by atoms with E-state index < -0.39 is 22.2 Å². The normalized spacial score (nSPS) is 27.0. The minimum Gasteiger partial charge on any atom is -0.324 e. The van der Waals surface area contributed by atoms with Crippen LogP contribution < -0.4 is 5.32 Å². The third kappa shape index (κ3) is 3.08. The van der Waals surface area contributed by atoms with Crippen LogP contribution in [0.25, 0.3) is 0 Å². The van der Waals surface area contributed by atoms with Crippen molar-refractivity contribution in [2.75, 3.05) is 16.9 Å². The molecule has 7 nitrogen and oxygen atoms in total. The Labute approximate surface area is 204 Å². The molecule has 1 amide bonds. The Morgan fingerprint density at radius 1 is 1.09 bits per heavy atom. The summed E-state index contributed by atoms with van der Waals surface area (Å²) in [6.07, 6.45) is 0. The van der Waals surface area contributed by atoms with Crippen LogP contribution in [0.3, 0.4) is 0 Å². The van der Waals surface area contributed by atoms with Crippen LogP contribution in [0.5, 0.6) is 0 Å². The quantitative estimate of drug-likeness (QED) is 0.328. The first-order chi connectivity index (χ1) is 16.9. The fourth-order valence-corrected chi connectivity index (χ4v) is 7.34. The molecule has 0 saturated carbocycles. The van der Waals surface area contributed by atoms with Gasteiger partial charge in [0.25, 0.3) is 5.69 Å². The second-order valence-corrected chi connectivity index (χ2v) is 10.0. The Bertz CT molecular complexity index is 1360. The number of nitro benzene ring substituents is 1. The number of para-hydroxylation sites is 1. The molecule has 176 valence electrons. The van der Waals surface area contributed by atoms with Gasteiger partial charge in [-0.3, -0.25) is 24.6 Å². The molecule has 6 rings (SSSR count). The fraction of sp³-hybridized carbons (Fsp3) is 0.231. The summed E-state index contributed by atoms with van der Waals surface area (Å²) in [5.74, 6) is -0.856. The topological polar surface area (TPSA) is 92.5 Å². The number of fused-ring (bicyclic) bond motifs is 4. The lowest BCUT2D eigenvalue weighted by Crippen LogP contribution is -2.52. The molecule has 3 aromatic rings. The van der Waals surface area contributed by atoms with E-state index >= 15 is 0 Å². The van der Waals surface area contributed by atoms with Crippen molar-refractivity contribution in [3.63, 3.8) is 0 Å². The lowest BCUT2D eigenvalue weighted by atomic mass is 9.69. The predicted molar refractivity (Wildman–Crippen MR) is 130 cm³/mol. The number of amides is 1. The molecule has 1 N–H and O–H groups in total. The lowest BCUT2D eigenvalue weighted by Gasteiger charge is -2.36. The zero-order valence-corrected chi connectivity index (χ0v) is 19.2. The fourth-order valence-electron chi connectivity index (χ4n) is 6.02. The van der Waals surface area contributed by atoms with Crippen LogP contribution >= 0.6 is 11.8 Å². The molecule has 2 fully saturated rings. The highest BCUT2D eigenvalue weighted by atomic mass is 32.2. The van der Waals surface area contributed by atoms with E-state index in [1.807, 2.05) is 24.3 Å². The van der Waals surface area contributed by atoms with E-state index in [1.165, 1.54) is 36.4 Å². The van der Waals surface area contributed by atoms with Gasteiger partial charge < -0.3 is 5.32 Å². The summed E-state index contributed by atoms with van der Waals surface area (Å²) in [4.78, 5) is 41.0. The summed E-state index contributed by atoms with van der Waals surface area (Å²) in [6, 6.07) is 18.9. The zero-order chi connectivity index (χ0) is 24.3. The van der Waals surface area contributed by atoms with Gasteiger partial charge in [0.05, 0.1) is 10.8 Å². The number of non-ortho nitro benzene ring substituents is 1. The number of carbonyl (C=O) groups is 2. The second kappa shape index (κ2) is 8.00. The van der Waals surface area contributed by atoms with Crippen molar-refractivity contribution in [1.29, 1.82) is 0 Å². The van der Waals surface area contributed by atoms with Gasteiger partial charge in [-0.05, 0) is 35.9 Å². The SMILES string of the molecule is O=C(c1ccc(F)cc1)[C@@H]1[C@H](c2ccc([N+](=O)[O-])cc2)[C@@H]2CSCN2[C@@]12C(=O)Nc1ccccc12. The van der Waals surface area contributed by atoms with Crippen molar-refractivity contribution in [2.24, 2.45) is 5.92 Å². The summed E-state index contributed by atoms with van der Waals surface area (Å²) < 4.78 is 13.7. The number of ketones is 1. The molecule has 0 aromatic heterocycles. The number of nitrogens with zero attached hydrogens (tertiary/aromatic N) is 2. The van der Waals surface area contributed by atoms with Gasteiger partial charge in [-0.15, -0.1) is 11.8 Å². The number of halogens is 1. The van der Waals surface area contributed by atoms with E-state index in [9.17, 15) is 24.1 Å². The summed E-state index contributed by atoms with van der Waals surface area (Å²) in [7, 11) is 0. The lowest BCUT2D eigenvalue weighted by molar-refractivity contribution is -0.384. The van der Waals surface area contributed by atoms with Gasteiger partial charge in [0.2, 0.25) is 5.91 Å². The third-order valence-electron chi connectivity index (χ3n) is 7.43. The minimum absolute atomic E-state index is 0.0375. The maximum Gasteiger partial charge on any atom is 0.269 e. The number of rotatable bonds is 4. The first kappa shape index (κ1) is 21.9. The van der Waals surface area contributed by atoms with Crippen molar-refractivity contribution < 1.29 is 18.9 Å². The Balaban J connectivity index is 1.58. The van der Waals surface area contributed by atoms with E-state index in [0.717, 1.165) is 11.1 Å². The number of carbonyl (C=O) groups excluding carboxylic acids is 2. The average Bonchev–Trinajstić information content (AvgIpc) is 3.52. The van der Waals surface area contributed by atoms with Gasteiger partial charge >= 0.3 is 0 Å². The monoisotopic (exact) mass is 489 g/mol. The minimum atomic E-state index is -1.23. The molecule has 9 heteroatoms. The highest BCUT2D eigenvalue weighted by Gasteiger charge is 2.69. The molecule has 35 heavy (non-hydrogen) atoms. The average molecular weight is 490 g/mol. The zero-order valence-electron chi connectivity index (χ0n) is 18.4. The maximum absolute atomic E-state index is 14.2. The first-order valence-electron chi connectivity index (χ1n) is 11.2. The molecule has 3 aliphatic heterocycles. The summed E-state index contributed by atoms with van der Waals surface area (Å²) >= 11 is 1.70. The summed E-state index contributed by atoms with van der Waals surface area (Å²) in [5, 5.41) is 14.2. The molecule has 1 spiro atoms. The van der Waals surface area contributed by atoms with Crippen LogP contribution in [-0.2, 0) is 10.3 Å². The van der Waals surface area contributed by atoms with E-state index in [1.54, 1.807) is 23.9 Å². The van der Waals surface area contributed by atoms with E-state index in [0.29, 0.717) is 22.9 Å². The molecule has 0 unspecified atom stereocenters. The van der Waals surface area contributed by atoms with Crippen molar-refractivity contribution in [2.45, 2.75) is 17.5 Å². The molecular weight excluding hydrogens is 469 g/mol. The number of hydrogen-bond acceptors (Lipinski definition) is 6. The van der Waals surface area contributed by atoms with E-state index in [-0.39, 0.29) is 29.3 Å². The van der Waals surface area contributed by atoms with Gasteiger partial charge in [0, 0.05) is 52.5 Å². The number of nitro groups is 1. The Kier molecular flexibility index (Phi) is 5.01. The molecule has 4 atom stereocenters. The van der Waals surface area contributed by atoms with Crippen molar-refractivity contribution in [1.82, 2.24) is 4.90 Å². The highest BCUT2D eigenvalue weighted by Crippen LogP contribution is 2.61. The Morgan fingerprint density at radius 3 is 2.51 bits per heavy atom. The number of anilines is 1. The standard InChI is InChI=1S/C26H20FN3O4S/c27-17-9-5-16(6-10-17)24(31)23-22(15-7-11-18(12-8-15)30(33)34)21-13-35-14-29(21)26(23)19-3-1-2-4-20(19)28-25(26)32/h1-12,21-23H,13-14H2,(H,28,32)/t21-,22+,23-,26+/m0/s1. The summed E-state index contributed by atoms with van der Waals surface area (Å²) in [6.45, 7) is 0. The van der Waals surface area contributed by atoms with Gasteiger partial charge in [-0.25, -0.2) is 4.39 Å². The van der Waals surface area contributed by atoms with Crippen molar-refractivity contribution in [3.8, 4) is 0 Å². The molecule has 3 aliphatic rings. The van der Waals surface area contributed by atoms with Gasteiger partial charge in [-0.2, -0.15) is 0 Å². The summed E-state index contributed by atoms with van der Waals surface area (Å²) in [5.41, 5.74) is 1.25. The number of thioether (sulfide) groups is 1. The van der Waals surface area contributed by atoms with Crippen molar-refractivity contribution >= 4 is 34.8 Å². The van der Waals surface area contributed by atoms with Crippen LogP contribution in [0, 0.1) is 21.8 Å². The predicted octanol–water partition coefficient (Wildman–Crippen LogP) is 4.55. The van der Waals surface area contributed by atoms with Gasteiger partial charge in [0.15, 0.2) is 5.78 Å². The molecular formula is C26H20FN3O4S. The Morgan fingerprint density at radius 2 is 1.80 bits per heavy atom. The molecule has 2 saturated heterocycles. The number of benzene rings is 3. The van der Waals surface area contributed by atoms with Crippen LogP contribution in [-0.4, -0.2) is 39.2 Å². The second-order valence-electron chi connectivity index (χ2n) is 9.03. The maximum atomic E-state index is 14.2. The van der Waals surface area contributed by atoms with Gasteiger partial charge in [0.1, 0.15) is 11.4 Å². The molecule has 0 bridgehead atoms. The smallest absolute Gasteiger partial charge is 0.269 e. The van der Waals surface area contributed by atoms with Crippen LogP contribution in [0.2, 0.25) is 0 Å². The number of hydrogen-bond donors (Lipinski definition) is 1. The largest absolute Gasteiger partial charge is 0.324 e.